The summed E-state index contributed by atoms with van der Waals surface area (Å²) < 4.78 is 10.1. The minimum absolute atomic E-state index is 0.0823. The maximum atomic E-state index is 10.9. The second-order valence-electron chi connectivity index (χ2n) is 3.14. The van der Waals surface area contributed by atoms with E-state index in [9.17, 15) is 10.1 Å². The highest BCUT2D eigenvalue weighted by atomic mass is 16.6. The van der Waals surface area contributed by atoms with Gasteiger partial charge in [-0.2, -0.15) is 0 Å². The highest BCUT2D eigenvalue weighted by Gasteiger charge is 2.23. The van der Waals surface area contributed by atoms with Crippen LogP contribution in [0.5, 0.6) is 11.5 Å². The predicted octanol–water partition coefficient (Wildman–Crippen LogP) is 1.56. The number of aromatic nitrogens is 2. The highest BCUT2D eigenvalue weighted by Crippen LogP contribution is 2.38. The molecule has 17 heavy (non-hydrogen) atoms. The van der Waals surface area contributed by atoms with E-state index in [4.69, 9.17) is 9.47 Å². The van der Waals surface area contributed by atoms with Crippen LogP contribution in [0.1, 0.15) is 0 Å². The molecule has 0 fully saturated rings. The van der Waals surface area contributed by atoms with Gasteiger partial charge in [0.05, 0.1) is 25.2 Å². The summed E-state index contributed by atoms with van der Waals surface area (Å²) >= 11 is 0. The van der Waals surface area contributed by atoms with Gasteiger partial charge < -0.3 is 9.47 Å². The fraction of sp³-hybridized carbons (Fsp3) is 0.200. The number of hydrogen-bond acceptors (Lipinski definition) is 6. The third-order valence-electron chi connectivity index (χ3n) is 2.27. The summed E-state index contributed by atoms with van der Waals surface area (Å²) in [5.74, 6) is 0.375. The Hall–Kier alpha value is -2.44. The molecule has 1 heterocycles. The normalized spacial score (nSPS) is 10.2. The van der Waals surface area contributed by atoms with Gasteiger partial charge in [0, 0.05) is 12.4 Å². The van der Waals surface area contributed by atoms with Gasteiger partial charge in [0.2, 0.25) is 5.75 Å². The minimum atomic E-state index is -0.546. The molecular weight excluding hydrogens is 226 g/mol. The summed E-state index contributed by atoms with van der Waals surface area (Å²) in [7, 11) is 2.77. The lowest BCUT2D eigenvalue weighted by Crippen LogP contribution is -1.98. The van der Waals surface area contributed by atoms with Gasteiger partial charge >= 0.3 is 5.69 Å². The second-order valence-corrected chi connectivity index (χ2v) is 3.14. The van der Waals surface area contributed by atoms with Gasteiger partial charge in [0.1, 0.15) is 11.0 Å². The molecule has 0 aliphatic heterocycles. The average molecular weight is 235 g/mol. The van der Waals surface area contributed by atoms with Crippen LogP contribution in [0.15, 0.2) is 18.5 Å². The number of nitrogens with zero attached hydrogens (tertiary/aromatic N) is 3. The summed E-state index contributed by atoms with van der Waals surface area (Å²) in [4.78, 5) is 18.5. The van der Waals surface area contributed by atoms with Crippen molar-refractivity contribution >= 4 is 16.7 Å². The Balaban J connectivity index is 2.89. The van der Waals surface area contributed by atoms with Crippen molar-refractivity contribution in [2.75, 3.05) is 14.2 Å². The molecule has 0 spiro atoms. The van der Waals surface area contributed by atoms with Crippen molar-refractivity contribution in [3.63, 3.8) is 0 Å². The number of methoxy groups -OCH3 is 2. The van der Waals surface area contributed by atoms with Crippen LogP contribution in [-0.4, -0.2) is 29.1 Å². The monoisotopic (exact) mass is 235 g/mol. The van der Waals surface area contributed by atoms with Crippen LogP contribution in [0.25, 0.3) is 11.0 Å². The van der Waals surface area contributed by atoms with Crippen LogP contribution in [-0.2, 0) is 0 Å². The van der Waals surface area contributed by atoms with E-state index in [2.05, 4.69) is 9.97 Å². The minimum Gasteiger partial charge on any atom is -0.494 e. The first-order valence-corrected chi connectivity index (χ1v) is 4.69. The van der Waals surface area contributed by atoms with E-state index in [0.717, 1.165) is 0 Å². The standard InChI is InChI=1S/C10H9N3O4/c1-16-7-5-6(13(14)15)10(17-2)9-8(7)11-3-4-12-9/h3-5H,1-2H3. The maximum Gasteiger partial charge on any atom is 0.317 e. The van der Waals surface area contributed by atoms with Crippen molar-refractivity contribution in [1.82, 2.24) is 9.97 Å². The van der Waals surface area contributed by atoms with E-state index in [1.54, 1.807) is 0 Å². The second kappa shape index (κ2) is 4.20. The number of nitro benzene ring substituents is 1. The van der Waals surface area contributed by atoms with E-state index in [1.807, 2.05) is 0 Å². The fourth-order valence-electron chi connectivity index (χ4n) is 1.56. The highest BCUT2D eigenvalue weighted by molar-refractivity contribution is 5.90. The van der Waals surface area contributed by atoms with Gasteiger partial charge in [-0.3, -0.25) is 10.1 Å². The molecule has 0 atom stereocenters. The molecule has 0 unspecified atom stereocenters. The van der Waals surface area contributed by atoms with Gasteiger partial charge in [0.15, 0.2) is 5.75 Å². The molecule has 2 rings (SSSR count). The number of hydrogen-bond donors (Lipinski definition) is 0. The molecule has 0 aliphatic rings. The summed E-state index contributed by atoms with van der Waals surface area (Å²) in [6, 6.07) is 1.27. The average Bonchev–Trinajstić information content (AvgIpc) is 2.36. The first-order valence-electron chi connectivity index (χ1n) is 4.69. The zero-order valence-electron chi connectivity index (χ0n) is 9.21. The van der Waals surface area contributed by atoms with Crippen LogP contribution < -0.4 is 9.47 Å². The van der Waals surface area contributed by atoms with Crippen molar-refractivity contribution in [3.8, 4) is 11.5 Å². The van der Waals surface area contributed by atoms with Crippen LogP contribution in [0, 0.1) is 10.1 Å². The van der Waals surface area contributed by atoms with Crippen molar-refractivity contribution in [2.45, 2.75) is 0 Å². The molecule has 1 aromatic carbocycles. The molecule has 0 aliphatic carbocycles. The fourth-order valence-corrected chi connectivity index (χ4v) is 1.56. The third-order valence-corrected chi connectivity index (χ3v) is 2.27. The molecule has 0 saturated heterocycles. The lowest BCUT2D eigenvalue weighted by atomic mass is 10.2. The van der Waals surface area contributed by atoms with Crippen molar-refractivity contribution in [3.05, 3.63) is 28.6 Å². The van der Waals surface area contributed by atoms with Crippen LogP contribution >= 0.6 is 0 Å². The first-order chi connectivity index (χ1) is 8.19. The van der Waals surface area contributed by atoms with E-state index >= 15 is 0 Å². The molecule has 1 aromatic heterocycles. The van der Waals surface area contributed by atoms with Crippen LogP contribution in [0.4, 0.5) is 5.69 Å². The van der Waals surface area contributed by atoms with Crippen LogP contribution in [0.3, 0.4) is 0 Å². The molecule has 0 radical (unpaired) electrons. The smallest absolute Gasteiger partial charge is 0.317 e. The quantitative estimate of drug-likeness (QED) is 0.592. The lowest BCUT2D eigenvalue weighted by molar-refractivity contribution is -0.385. The number of fused-ring (bicyclic) bond motifs is 1. The zero-order chi connectivity index (χ0) is 12.4. The van der Waals surface area contributed by atoms with E-state index < -0.39 is 4.92 Å². The Kier molecular flexibility index (Phi) is 2.73. The molecule has 0 bridgehead atoms. The number of rotatable bonds is 3. The molecule has 0 saturated carbocycles. The number of ether oxygens (including phenoxy) is 2. The van der Waals surface area contributed by atoms with Gasteiger partial charge in [0.25, 0.3) is 0 Å². The largest absolute Gasteiger partial charge is 0.494 e. The van der Waals surface area contributed by atoms with Gasteiger partial charge in [-0.1, -0.05) is 0 Å². The zero-order valence-corrected chi connectivity index (χ0v) is 9.21. The molecule has 0 amide bonds. The molecule has 7 nitrogen and oxygen atoms in total. The Labute approximate surface area is 96.2 Å². The predicted molar refractivity (Wildman–Crippen MR) is 59.3 cm³/mol. The third kappa shape index (κ3) is 1.71. The number of benzene rings is 1. The summed E-state index contributed by atoms with van der Waals surface area (Å²) in [6.07, 6.45) is 2.92. The topological polar surface area (TPSA) is 87.4 Å². The van der Waals surface area contributed by atoms with Gasteiger partial charge in [-0.15, -0.1) is 0 Å². The lowest BCUT2D eigenvalue weighted by Gasteiger charge is -2.08. The van der Waals surface area contributed by atoms with Crippen LogP contribution in [0.2, 0.25) is 0 Å². The Morgan fingerprint density at radius 3 is 2.35 bits per heavy atom. The summed E-state index contributed by atoms with van der Waals surface area (Å²) in [6.45, 7) is 0. The molecule has 7 heteroatoms. The summed E-state index contributed by atoms with van der Waals surface area (Å²) in [5, 5.41) is 10.9. The molecule has 0 N–H and O–H groups in total. The summed E-state index contributed by atoms with van der Waals surface area (Å²) in [5.41, 5.74) is 0.538. The Bertz CT molecular complexity index is 585. The van der Waals surface area contributed by atoms with E-state index in [0.29, 0.717) is 16.8 Å². The molecular formula is C10H9N3O4. The molecule has 88 valence electrons. The van der Waals surface area contributed by atoms with E-state index in [-0.39, 0.29) is 11.4 Å². The van der Waals surface area contributed by atoms with E-state index in [1.165, 1.54) is 32.7 Å². The molecule has 2 aromatic rings. The van der Waals surface area contributed by atoms with Gasteiger partial charge in [-0.25, -0.2) is 9.97 Å². The Morgan fingerprint density at radius 2 is 1.82 bits per heavy atom. The van der Waals surface area contributed by atoms with Gasteiger partial charge in [-0.05, 0) is 0 Å². The van der Waals surface area contributed by atoms with Crippen molar-refractivity contribution < 1.29 is 14.4 Å². The number of nitro groups is 1. The maximum absolute atomic E-state index is 10.9. The SMILES string of the molecule is COc1cc([N+](=O)[O-])c(OC)c2nccnc12. The Morgan fingerprint density at radius 1 is 1.18 bits per heavy atom. The van der Waals surface area contributed by atoms with Crippen molar-refractivity contribution in [2.24, 2.45) is 0 Å². The van der Waals surface area contributed by atoms with Crippen molar-refractivity contribution in [1.29, 1.82) is 0 Å². The first kappa shape index (κ1) is 11.1.